The van der Waals surface area contributed by atoms with E-state index < -0.39 is 18.0 Å². The van der Waals surface area contributed by atoms with Gasteiger partial charge in [-0.25, -0.2) is 0 Å². The van der Waals surface area contributed by atoms with Crippen molar-refractivity contribution in [1.82, 2.24) is 10.3 Å². The molecule has 2 aliphatic rings. The third-order valence-electron chi connectivity index (χ3n) is 3.91. The highest BCUT2D eigenvalue weighted by Gasteiger charge is 2.46. The second-order valence-electron chi connectivity index (χ2n) is 5.19. The molecule has 3 rings (SSSR count). The molecule has 117 valence electrons. The van der Waals surface area contributed by atoms with Gasteiger partial charge >= 0.3 is 6.18 Å². The lowest BCUT2D eigenvalue weighted by Gasteiger charge is -2.29. The summed E-state index contributed by atoms with van der Waals surface area (Å²) in [5.41, 5.74) is 3.92. The average molecular weight is 375 g/mol. The van der Waals surface area contributed by atoms with Gasteiger partial charge in [0, 0.05) is 13.5 Å². The number of allylic oxidation sites excluding steroid dienone is 1. The van der Waals surface area contributed by atoms with Crippen LogP contribution in [0.4, 0.5) is 13.2 Å². The quantitative estimate of drug-likeness (QED) is 0.808. The second kappa shape index (κ2) is 5.27. The van der Waals surface area contributed by atoms with E-state index in [2.05, 4.69) is 26.5 Å². The summed E-state index contributed by atoms with van der Waals surface area (Å²) in [5, 5.41) is 13.3. The largest absolute Gasteiger partial charge is 0.437 e. The standard InChI is InChI=1S/C14H12BrF3N3O/c1-21(11-12(14(16,17)18)19-20-13(11)15)9-6-10(22)8-5-3-2-4-7(8)9/h2-5,9-10,22H,6H2,1H3. The molecule has 0 aromatic heterocycles. The third kappa shape index (κ3) is 2.40. The van der Waals surface area contributed by atoms with Gasteiger partial charge in [-0.1, -0.05) is 24.3 Å². The van der Waals surface area contributed by atoms with Crippen LogP contribution in [0, 0.1) is 0 Å². The van der Waals surface area contributed by atoms with Gasteiger partial charge < -0.3 is 10.0 Å². The molecule has 1 N–H and O–H groups in total. The highest BCUT2D eigenvalue weighted by atomic mass is 79.9. The lowest BCUT2D eigenvalue weighted by molar-refractivity contribution is -0.0594. The van der Waals surface area contributed by atoms with E-state index in [1.54, 1.807) is 25.2 Å². The van der Waals surface area contributed by atoms with E-state index in [-0.39, 0.29) is 16.3 Å². The molecule has 1 aromatic rings. The maximum Gasteiger partial charge on any atom is 0.437 e. The first-order valence-electron chi connectivity index (χ1n) is 6.56. The fraction of sp³-hybridized carbons (Fsp3) is 0.357. The van der Waals surface area contributed by atoms with Crippen LogP contribution in [0.15, 0.2) is 39.7 Å². The molecule has 0 fully saturated rings. The maximum absolute atomic E-state index is 13.1. The van der Waals surface area contributed by atoms with Gasteiger partial charge in [0.05, 0.1) is 12.1 Å². The lowest BCUT2D eigenvalue weighted by Crippen LogP contribution is -2.33. The Balaban J connectivity index is 1.97. The molecule has 22 heavy (non-hydrogen) atoms. The number of fused-ring (bicyclic) bond motifs is 1. The molecule has 4 nitrogen and oxygen atoms in total. The normalized spacial score (nSPS) is 24.2. The molecule has 2 unspecified atom stereocenters. The number of rotatable bonds is 2. The summed E-state index contributed by atoms with van der Waals surface area (Å²) in [6.07, 6.45) is -4.95. The van der Waals surface area contributed by atoms with Crippen molar-refractivity contribution in [3.05, 3.63) is 45.7 Å². The van der Waals surface area contributed by atoms with Gasteiger partial charge in [0.2, 0.25) is 0 Å². The summed E-state index contributed by atoms with van der Waals surface area (Å²) in [7, 11) is 1.55. The number of hydrogen-bond donors (Lipinski definition) is 1. The molecule has 0 bridgehead atoms. The molecule has 2 atom stereocenters. The van der Waals surface area contributed by atoms with Crippen LogP contribution in [0.5, 0.6) is 0 Å². The summed E-state index contributed by atoms with van der Waals surface area (Å²) < 4.78 is 39.3. The number of alkyl halides is 3. The van der Waals surface area contributed by atoms with Crippen LogP contribution in [0.2, 0.25) is 0 Å². The number of halogens is 4. The van der Waals surface area contributed by atoms with E-state index in [4.69, 9.17) is 0 Å². The zero-order valence-electron chi connectivity index (χ0n) is 11.5. The van der Waals surface area contributed by atoms with E-state index in [0.29, 0.717) is 6.42 Å². The van der Waals surface area contributed by atoms with Crippen molar-refractivity contribution in [2.45, 2.75) is 24.7 Å². The van der Waals surface area contributed by atoms with E-state index >= 15 is 0 Å². The van der Waals surface area contributed by atoms with Crippen molar-refractivity contribution < 1.29 is 18.3 Å². The Morgan fingerprint density at radius 3 is 2.55 bits per heavy atom. The Kier molecular flexibility index (Phi) is 3.68. The number of nitrogens with zero attached hydrogens (tertiary/aromatic N) is 3. The summed E-state index contributed by atoms with van der Waals surface area (Å²) >= 11 is 3.03. The topological polar surface area (TPSA) is 49.9 Å². The molecule has 1 radical (unpaired) electrons. The minimum Gasteiger partial charge on any atom is -0.388 e. The van der Waals surface area contributed by atoms with Gasteiger partial charge in [-0.05, 0) is 27.1 Å². The van der Waals surface area contributed by atoms with E-state index in [0.717, 1.165) is 11.1 Å². The molecular weight excluding hydrogens is 363 g/mol. The predicted molar refractivity (Wildman–Crippen MR) is 78.1 cm³/mol. The van der Waals surface area contributed by atoms with Crippen molar-refractivity contribution in [2.75, 3.05) is 7.05 Å². The molecule has 0 saturated carbocycles. The van der Waals surface area contributed by atoms with Crippen molar-refractivity contribution in [2.24, 2.45) is 5.10 Å². The van der Waals surface area contributed by atoms with Crippen LogP contribution in [0.25, 0.3) is 0 Å². The lowest BCUT2D eigenvalue weighted by atomic mass is 10.1. The number of benzene rings is 1. The zero-order valence-corrected chi connectivity index (χ0v) is 13.1. The minimum atomic E-state index is -4.58. The average Bonchev–Trinajstić information content (AvgIpc) is 3.00. The fourth-order valence-corrected chi connectivity index (χ4v) is 3.44. The van der Waals surface area contributed by atoms with Gasteiger partial charge in [0.25, 0.3) is 0 Å². The summed E-state index contributed by atoms with van der Waals surface area (Å²) in [5.74, 6) is 0. The summed E-state index contributed by atoms with van der Waals surface area (Å²) in [6, 6.07) is 6.84. The van der Waals surface area contributed by atoms with Gasteiger partial charge in [0.1, 0.15) is 5.70 Å². The van der Waals surface area contributed by atoms with Gasteiger partial charge in [0.15, 0.2) is 10.3 Å². The number of aliphatic hydroxyl groups is 1. The minimum absolute atomic E-state index is 0.0428. The van der Waals surface area contributed by atoms with Gasteiger partial charge in [-0.15, -0.1) is 10.5 Å². The Labute approximate surface area is 133 Å². The zero-order chi connectivity index (χ0) is 16.1. The molecule has 1 aliphatic carbocycles. The molecule has 8 heteroatoms. The highest BCUT2D eigenvalue weighted by Crippen LogP contribution is 2.44. The summed E-state index contributed by atoms with van der Waals surface area (Å²) in [4.78, 5) is 1.47. The molecule has 0 spiro atoms. The van der Waals surface area contributed by atoms with Crippen LogP contribution in [-0.4, -0.2) is 28.9 Å². The summed E-state index contributed by atoms with van der Waals surface area (Å²) in [6.45, 7) is 0. The molecule has 1 aromatic carbocycles. The molecule has 0 amide bonds. The SMILES string of the molecule is CN(C1=C(Br)[N]N=C1C(F)(F)F)C1CC(O)c2ccccc21. The Bertz CT molecular complexity index is 672. The first-order valence-corrected chi connectivity index (χ1v) is 7.35. The Morgan fingerprint density at radius 2 is 1.91 bits per heavy atom. The van der Waals surface area contributed by atoms with Crippen LogP contribution >= 0.6 is 15.9 Å². The van der Waals surface area contributed by atoms with Crippen LogP contribution in [-0.2, 0) is 0 Å². The van der Waals surface area contributed by atoms with E-state index in [1.807, 2.05) is 6.07 Å². The van der Waals surface area contributed by atoms with E-state index in [9.17, 15) is 18.3 Å². The Morgan fingerprint density at radius 1 is 1.27 bits per heavy atom. The Hall–Kier alpha value is -1.54. The first kappa shape index (κ1) is 15.4. The van der Waals surface area contributed by atoms with Crippen molar-refractivity contribution in [3.63, 3.8) is 0 Å². The van der Waals surface area contributed by atoms with Crippen LogP contribution in [0.1, 0.15) is 29.7 Å². The molecule has 1 aliphatic heterocycles. The first-order chi connectivity index (χ1) is 10.3. The van der Waals surface area contributed by atoms with Crippen LogP contribution in [0.3, 0.4) is 0 Å². The second-order valence-corrected chi connectivity index (χ2v) is 5.94. The van der Waals surface area contributed by atoms with Gasteiger partial charge in [-0.2, -0.15) is 13.2 Å². The molecule has 1 heterocycles. The van der Waals surface area contributed by atoms with Crippen molar-refractivity contribution >= 4 is 21.6 Å². The van der Waals surface area contributed by atoms with Crippen molar-refractivity contribution in [1.29, 1.82) is 0 Å². The molecular formula is C14H12BrF3N3O. The smallest absolute Gasteiger partial charge is 0.388 e. The predicted octanol–water partition coefficient (Wildman–Crippen LogP) is 3.20. The monoisotopic (exact) mass is 374 g/mol. The van der Waals surface area contributed by atoms with Gasteiger partial charge in [-0.3, -0.25) is 0 Å². The maximum atomic E-state index is 13.1. The highest BCUT2D eigenvalue weighted by molar-refractivity contribution is 9.11. The van der Waals surface area contributed by atoms with Crippen molar-refractivity contribution in [3.8, 4) is 0 Å². The number of aliphatic hydroxyl groups excluding tert-OH is 1. The fourth-order valence-electron chi connectivity index (χ4n) is 2.90. The van der Waals surface area contributed by atoms with E-state index in [1.165, 1.54) is 4.90 Å². The number of hydrogen-bond acceptors (Lipinski definition) is 3. The van der Waals surface area contributed by atoms with Crippen LogP contribution < -0.4 is 5.43 Å². The molecule has 0 saturated heterocycles. The third-order valence-corrected chi connectivity index (χ3v) is 4.44.